The lowest BCUT2D eigenvalue weighted by Gasteiger charge is -2.36. The van der Waals surface area contributed by atoms with Gasteiger partial charge in [-0.1, -0.05) is 97.1 Å². The van der Waals surface area contributed by atoms with Crippen LogP contribution in [0.2, 0.25) is 0 Å². The van der Waals surface area contributed by atoms with E-state index in [-0.39, 0.29) is 0 Å². The van der Waals surface area contributed by atoms with Crippen LogP contribution in [0.25, 0.3) is 56.0 Å². The molecule has 4 aromatic carbocycles. The predicted molar refractivity (Wildman–Crippen MR) is 249 cm³/mol. The predicted octanol–water partition coefficient (Wildman–Crippen LogP) is 11.0. The standard InChI is InChI=1S/C53H44N8/c1-58(2)41-31-47(45-35-60(39-23-13-7-14-24-39)51-43(45)27-17-29-54-51)56-49(33-41)53(37-19-9-5-10-20-37,38-21-11-6-12-22-38)50-34-42(59(3)4)32-48(57-50)46-36-61(40-25-15-8-16-26-40)52-44(46)28-18-30-55-52/h5-36H,1-4H3. The number of aromatic nitrogens is 6. The molecule has 0 radical (unpaired) electrons. The smallest absolute Gasteiger partial charge is 0.145 e. The summed E-state index contributed by atoms with van der Waals surface area (Å²) in [5.41, 5.74) is 12.3. The fraction of sp³-hybridized carbons (Fsp3) is 0.0943. The van der Waals surface area contributed by atoms with E-state index < -0.39 is 5.41 Å². The number of nitrogens with zero attached hydrogens (tertiary/aromatic N) is 8. The molecular weight excluding hydrogens is 749 g/mol. The SMILES string of the molecule is CN(C)c1cc(-c2cn(-c3ccccc3)c3ncccc23)nc(C(c2ccccc2)(c2ccccc2)c2cc(N(C)C)cc(-c3cn(-c4ccccc4)c4ncccc34)n2)c1. The van der Waals surface area contributed by atoms with E-state index in [2.05, 4.69) is 205 Å². The van der Waals surface area contributed by atoms with E-state index in [9.17, 15) is 0 Å². The van der Waals surface area contributed by atoms with E-state index in [0.29, 0.717) is 0 Å². The Kier molecular flexibility index (Phi) is 9.45. The minimum absolute atomic E-state index is 0.839. The molecule has 6 aromatic heterocycles. The zero-order valence-electron chi connectivity index (χ0n) is 34.6. The summed E-state index contributed by atoms with van der Waals surface area (Å²) in [7, 11) is 8.35. The van der Waals surface area contributed by atoms with Crippen molar-refractivity contribution in [2.45, 2.75) is 5.41 Å². The van der Waals surface area contributed by atoms with Crippen molar-refractivity contribution in [3.05, 3.63) is 217 Å². The van der Waals surface area contributed by atoms with Gasteiger partial charge in [-0.05, 0) is 83.9 Å². The quantitative estimate of drug-likeness (QED) is 0.137. The Labute approximate surface area is 355 Å². The van der Waals surface area contributed by atoms with Crippen molar-refractivity contribution in [2.24, 2.45) is 0 Å². The Bertz CT molecular complexity index is 2920. The molecular formula is C53H44N8. The van der Waals surface area contributed by atoms with Gasteiger partial charge in [0, 0.05) is 97.6 Å². The summed E-state index contributed by atoms with van der Waals surface area (Å²) in [6, 6.07) is 59.2. The van der Waals surface area contributed by atoms with Gasteiger partial charge in [0.15, 0.2) is 0 Å². The Balaban J connectivity index is 1.30. The topological polar surface area (TPSA) is 67.9 Å². The van der Waals surface area contributed by atoms with Crippen LogP contribution in [0.15, 0.2) is 195 Å². The van der Waals surface area contributed by atoms with Gasteiger partial charge in [-0.2, -0.15) is 0 Å². The zero-order valence-corrected chi connectivity index (χ0v) is 34.6. The molecule has 0 saturated carbocycles. The monoisotopic (exact) mass is 792 g/mol. The van der Waals surface area contributed by atoms with Gasteiger partial charge < -0.3 is 18.9 Å². The minimum Gasteiger partial charge on any atom is -0.378 e. The normalized spacial score (nSPS) is 11.6. The number of fused-ring (bicyclic) bond motifs is 2. The van der Waals surface area contributed by atoms with Gasteiger partial charge in [0.2, 0.25) is 0 Å². The van der Waals surface area contributed by atoms with E-state index in [1.165, 1.54) is 0 Å². The zero-order chi connectivity index (χ0) is 41.5. The van der Waals surface area contributed by atoms with Gasteiger partial charge in [0.05, 0.1) is 22.8 Å². The van der Waals surface area contributed by atoms with Crippen LogP contribution in [-0.2, 0) is 5.41 Å². The van der Waals surface area contributed by atoms with Gasteiger partial charge in [-0.15, -0.1) is 0 Å². The number of anilines is 2. The van der Waals surface area contributed by atoms with Crippen LogP contribution in [0.5, 0.6) is 0 Å². The van der Waals surface area contributed by atoms with Crippen LogP contribution >= 0.6 is 0 Å². The summed E-state index contributed by atoms with van der Waals surface area (Å²) >= 11 is 0. The molecule has 61 heavy (non-hydrogen) atoms. The molecule has 0 aliphatic carbocycles. The minimum atomic E-state index is -0.976. The van der Waals surface area contributed by atoms with Gasteiger partial charge in [-0.25, -0.2) is 9.97 Å². The molecule has 6 heterocycles. The number of para-hydroxylation sites is 2. The highest BCUT2D eigenvalue weighted by Gasteiger charge is 2.43. The number of hydrogen-bond acceptors (Lipinski definition) is 6. The van der Waals surface area contributed by atoms with Crippen LogP contribution < -0.4 is 9.80 Å². The molecule has 8 nitrogen and oxygen atoms in total. The molecule has 0 bridgehead atoms. The Morgan fingerprint density at radius 1 is 0.426 bits per heavy atom. The van der Waals surface area contributed by atoms with E-state index in [0.717, 1.165) is 89.8 Å². The number of hydrogen-bond donors (Lipinski definition) is 0. The van der Waals surface area contributed by atoms with Crippen molar-refractivity contribution in [3.63, 3.8) is 0 Å². The maximum Gasteiger partial charge on any atom is 0.145 e. The Hall–Kier alpha value is -7.84. The Morgan fingerprint density at radius 2 is 0.803 bits per heavy atom. The molecule has 0 aliphatic heterocycles. The number of rotatable bonds is 10. The highest BCUT2D eigenvalue weighted by Crippen LogP contribution is 2.47. The lowest BCUT2D eigenvalue weighted by atomic mass is 9.68. The summed E-state index contributed by atoms with van der Waals surface area (Å²) in [5.74, 6) is 0. The first kappa shape index (κ1) is 37.4. The molecule has 0 unspecified atom stereocenters. The first-order valence-corrected chi connectivity index (χ1v) is 20.4. The number of pyridine rings is 4. The second-order valence-electron chi connectivity index (χ2n) is 15.7. The summed E-state index contributed by atoms with van der Waals surface area (Å²) in [6.07, 6.45) is 8.05. The maximum atomic E-state index is 5.78. The molecule has 10 rings (SSSR count). The fourth-order valence-electron chi connectivity index (χ4n) is 8.57. The maximum absolute atomic E-state index is 5.78. The van der Waals surface area contributed by atoms with E-state index in [4.69, 9.17) is 19.9 Å². The average molecular weight is 793 g/mol. The second kappa shape index (κ2) is 15.4. The first-order valence-electron chi connectivity index (χ1n) is 20.4. The third-order valence-electron chi connectivity index (χ3n) is 11.6. The van der Waals surface area contributed by atoms with E-state index in [1.54, 1.807) is 0 Å². The van der Waals surface area contributed by atoms with E-state index in [1.807, 2.05) is 36.7 Å². The highest BCUT2D eigenvalue weighted by molar-refractivity contribution is 5.96. The molecule has 0 fully saturated rings. The molecule has 0 saturated heterocycles. The van der Waals surface area contributed by atoms with Crippen molar-refractivity contribution in [1.29, 1.82) is 0 Å². The van der Waals surface area contributed by atoms with Crippen molar-refractivity contribution in [2.75, 3.05) is 38.0 Å². The fourth-order valence-corrected chi connectivity index (χ4v) is 8.57. The van der Waals surface area contributed by atoms with Gasteiger partial charge in [0.1, 0.15) is 16.7 Å². The Morgan fingerprint density at radius 3 is 1.18 bits per heavy atom. The van der Waals surface area contributed by atoms with Crippen LogP contribution in [0.1, 0.15) is 22.5 Å². The molecule has 0 amide bonds. The molecule has 296 valence electrons. The lowest BCUT2D eigenvalue weighted by Crippen LogP contribution is -2.34. The van der Waals surface area contributed by atoms with Crippen molar-refractivity contribution in [1.82, 2.24) is 29.1 Å². The summed E-state index contributed by atoms with van der Waals surface area (Å²) in [6.45, 7) is 0. The van der Waals surface area contributed by atoms with Gasteiger partial charge in [0.25, 0.3) is 0 Å². The van der Waals surface area contributed by atoms with Crippen LogP contribution in [-0.4, -0.2) is 57.3 Å². The summed E-state index contributed by atoms with van der Waals surface area (Å²) in [5, 5.41) is 2.04. The third-order valence-corrected chi connectivity index (χ3v) is 11.6. The summed E-state index contributed by atoms with van der Waals surface area (Å²) < 4.78 is 4.32. The first-order chi connectivity index (χ1) is 29.9. The largest absolute Gasteiger partial charge is 0.378 e. The molecule has 0 aliphatic rings. The van der Waals surface area contributed by atoms with Gasteiger partial charge in [-0.3, -0.25) is 9.97 Å². The number of benzene rings is 4. The van der Waals surface area contributed by atoms with Crippen molar-refractivity contribution >= 4 is 33.4 Å². The van der Waals surface area contributed by atoms with Crippen LogP contribution in [0.3, 0.4) is 0 Å². The van der Waals surface area contributed by atoms with Gasteiger partial charge >= 0.3 is 0 Å². The second-order valence-corrected chi connectivity index (χ2v) is 15.7. The van der Waals surface area contributed by atoms with Crippen molar-refractivity contribution in [3.8, 4) is 33.9 Å². The molecule has 10 aromatic rings. The molecule has 8 heteroatoms. The highest BCUT2D eigenvalue weighted by atomic mass is 15.1. The molecule has 0 atom stereocenters. The lowest BCUT2D eigenvalue weighted by molar-refractivity contribution is 0.689. The van der Waals surface area contributed by atoms with E-state index >= 15 is 0 Å². The average Bonchev–Trinajstić information content (AvgIpc) is 3.90. The third kappa shape index (κ3) is 6.49. The molecule has 0 spiro atoms. The van der Waals surface area contributed by atoms with Crippen LogP contribution in [0, 0.1) is 0 Å². The molecule has 0 N–H and O–H groups in total. The van der Waals surface area contributed by atoms with Crippen molar-refractivity contribution < 1.29 is 0 Å². The van der Waals surface area contributed by atoms with Crippen LogP contribution in [0.4, 0.5) is 11.4 Å². The summed E-state index contributed by atoms with van der Waals surface area (Å²) in [4.78, 5) is 25.6.